The molecule has 0 bridgehead atoms. The smallest absolute Gasteiger partial charge is 0.198 e. The Morgan fingerprint density at radius 2 is 2.38 bits per heavy atom. The number of nitrogens with one attached hydrogen (secondary N) is 1. The standard InChI is InChI=1S/C9H9ClN4OS/c1-15-7-8(10)13-4-14-9(7)12-3-6-2-11-5-16-6/h2,4-5H,3H2,1H3,(H,12,13,14). The van der Waals surface area contributed by atoms with Crippen molar-refractivity contribution in [1.82, 2.24) is 15.0 Å². The van der Waals surface area contributed by atoms with Gasteiger partial charge >= 0.3 is 0 Å². The average Bonchev–Trinajstić information content (AvgIpc) is 2.79. The molecule has 2 rings (SSSR count). The first kappa shape index (κ1) is 11.1. The summed E-state index contributed by atoms with van der Waals surface area (Å²) in [5.41, 5.74) is 1.78. The highest BCUT2D eigenvalue weighted by molar-refractivity contribution is 7.09. The Hall–Kier alpha value is -1.40. The molecule has 2 aromatic heterocycles. The van der Waals surface area contributed by atoms with Crippen molar-refractivity contribution in [2.45, 2.75) is 6.54 Å². The van der Waals surface area contributed by atoms with Gasteiger partial charge in [0.2, 0.25) is 0 Å². The van der Waals surface area contributed by atoms with E-state index in [2.05, 4.69) is 20.3 Å². The summed E-state index contributed by atoms with van der Waals surface area (Å²) < 4.78 is 5.11. The molecule has 7 heteroatoms. The molecule has 2 heterocycles. The molecular formula is C9H9ClN4OS. The van der Waals surface area contributed by atoms with E-state index in [0.29, 0.717) is 23.3 Å². The summed E-state index contributed by atoms with van der Waals surface area (Å²) in [5.74, 6) is 1.03. The molecule has 0 saturated heterocycles. The highest BCUT2D eigenvalue weighted by atomic mass is 35.5. The van der Waals surface area contributed by atoms with E-state index in [0.717, 1.165) is 4.88 Å². The lowest BCUT2D eigenvalue weighted by Gasteiger charge is -2.09. The van der Waals surface area contributed by atoms with Gasteiger partial charge < -0.3 is 10.1 Å². The number of halogens is 1. The predicted octanol–water partition coefficient (Wildman–Crippen LogP) is 2.21. The summed E-state index contributed by atoms with van der Waals surface area (Å²) in [5, 5.41) is 3.41. The third-order valence-corrected chi connectivity index (χ3v) is 2.93. The Kier molecular flexibility index (Phi) is 3.53. The molecule has 0 radical (unpaired) electrons. The van der Waals surface area contributed by atoms with E-state index in [1.807, 2.05) is 0 Å². The molecule has 84 valence electrons. The monoisotopic (exact) mass is 256 g/mol. The molecule has 16 heavy (non-hydrogen) atoms. The lowest BCUT2D eigenvalue weighted by atomic mass is 10.4. The normalized spacial score (nSPS) is 10.1. The summed E-state index contributed by atoms with van der Waals surface area (Å²) in [4.78, 5) is 13.0. The number of hydrogen-bond donors (Lipinski definition) is 1. The van der Waals surface area contributed by atoms with Crippen molar-refractivity contribution in [2.75, 3.05) is 12.4 Å². The third kappa shape index (κ3) is 2.40. The SMILES string of the molecule is COc1c(Cl)ncnc1NCc1cncs1. The number of hydrogen-bond acceptors (Lipinski definition) is 6. The zero-order valence-corrected chi connectivity index (χ0v) is 10.0. The molecule has 0 saturated carbocycles. The molecule has 0 aliphatic carbocycles. The van der Waals surface area contributed by atoms with Crippen molar-refractivity contribution < 1.29 is 4.74 Å². The highest BCUT2D eigenvalue weighted by Gasteiger charge is 2.09. The molecule has 0 aliphatic rings. The average molecular weight is 257 g/mol. The Morgan fingerprint density at radius 3 is 3.06 bits per heavy atom. The van der Waals surface area contributed by atoms with E-state index in [4.69, 9.17) is 16.3 Å². The van der Waals surface area contributed by atoms with E-state index in [9.17, 15) is 0 Å². The van der Waals surface area contributed by atoms with E-state index in [1.54, 1.807) is 23.0 Å². The van der Waals surface area contributed by atoms with Crippen LogP contribution in [0.5, 0.6) is 5.75 Å². The van der Waals surface area contributed by atoms with Crippen LogP contribution in [0.2, 0.25) is 5.15 Å². The van der Waals surface area contributed by atoms with Crippen molar-refractivity contribution in [2.24, 2.45) is 0 Å². The van der Waals surface area contributed by atoms with E-state index in [1.165, 1.54) is 13.4 Å². The molecule has 2 aromatic rings. The van der Waals surface area contributed by atoms with Gasteiger partial charge in [0.15, 0.2) is 16.7 Å². The number of rotatable bonds is 4. The molecule has 0 aliphatic heterocycles. The molecule has 5 nitrogen and oxygen atoms in total. The fourth-order valence-corrected chi connectivity index (χ4v) is 1.90. The molecule has 0 fully saturated rings. The maximum atomic E-state index is 5.86. The maximum Gasteiger partial charge on any atom is 0.198 e. The second-order valence-electron chi connectivity index (χ2n) is 2.87. The minimum Gasteiger partial charge on any atom is -0.490 e. The van der Waals surface area contributed by atoms with Crippen LogP contribution in [0.1, 0.15) is 4.88 Å². The zero-order valence-electron chi connectivity index (χ0n) is 8.48. The van der Waals surface area contributed by atoms with Gasteiger partial charge in [-0.2, -0.15) is 0 Å². The van der Waals surface area contributed by atoms with Gasteiger partial charge in [-0.1, -0.05) is 11.6 Å². The first-order chi connectivity index (χ1) is 7.81. The van der Waals surface area contributed by atoms with Crippen LogP contribution >= 0.6 is 22.9 Å². The Balaban J connectivity index is 2.12. The first-order valence-electron chi connectivity index (χ1n) is 4.47. The van der Waals surface area contributed by atoms with Crippen LogP contribution in [0.4, 0.5) is 5.82 Å². The van der Waals surface area contributed by atoms with Crippen LogP contribution in [-0.2, 0) is 6.54 Å². The molecule has 0 amide bonds. The van der Waals surface area contributed by atoms with E-state index in [-0.39, 0.29) is 0 Å². The van der Waals surface area contributed by atoms with Crippen molar-refractivity contribution in [3.8, 4) is 5.75 Å². The summed E-state index contributed by atoms with van der Waals surface area (Å²) in [6.07, 6.45) is 3.19. The minimum absolute atomic E-state index is 0.296. The zero-order chi connectivity index (χ0) is 11.4. The van der Waals surface area contributed by atoms with Crippen LogP contribution in [-0.4, -0.2) is 22.1 Å². The molecule has 0 spiro atoms. The summed E-state index contributed by atoms with van der Waals surface area (Å²) in [6.45, 7) is 0.633. The van der Waals surface area contributed by atoms with Crippen LogP contribution in [0.3, 0.4) is 0 Å². The second-order valence-corrected chi connectivity index (χ2v) is 4.20. The van der Waals surface area contributed by atoms with Crippen molar-refractivity contribution in [3.63, 3.8) is 0 Å². The largest absolute Gasteiger partial charge is 0.490 e. The van der Waals surface area contributed by atoms with Crippen molar-refractivity contribution >= 4 is 28.8 Å². The predicted molar refractivity (Wildman–Crippen MR) is 63.0 cm³/mol. The second kappa shape index (κ2) is 5.09. The highest BCUT2D eigenvalue weighted by Crippen LogP contribution is 2.28. The Morgan fingerprint density at radius 1 is 1.50 bits per heavy atom. The van der Waals surface area contributed by atoms with Gasteiger partial charge in [0.1, 0.15) is 6.33 Å². The van der Waals surface area contributed by atoms with Gasteiger partial charge in [-0.3, -0.25) is 4.98 Å². The third-order valence-electron chi connectivity index (χ3n) is 1.88. The van der Waals surface area contributed by atoms with Gasteiger partial charge in [0, 0.05) is 11.1 Å². The molecular weight excluding hydrogens is 248 g/mol. The van der Waals surface area contributed by atoms with E-state index < -0.39 is 0 Å². The first-order valence-corrected chi connectivity index (χ1v) is 5.72. The number of nitrogens with zero attached hydrogens (tertiary/aromatic N) is 3. The fourth-order valence-electron chi connectivity index (χ4n) is 1.16. The molecule has 1 N–H and O–H groups in total. The number of thiazole rings is 1. The summed E-state index contributed by atoms with van der Waals surface area (Å²) in [6, 6.07) is 0. The van der Waals surface area contributed by atoms with Crippen LogP contribution in [0.25, 0.3) is 0 Å². The Bertz CT molecular complexity index is 463. The fraction of sp³-hybridized carbons (Fsp3) is 0.222. The van der Waals surface area contributed by atoms with Gasteiger partial charge in [-0.05, 0) is 0 Å². The van der Waals surface area contributed by atoms with Crippen molar-refractivity contribution in [3.05, 3.63) is 28.1 Å². The number of aromatic nitrogens is 3. The van der Waals surface area contributed by atoms with Gasteiger partial charge in [-0.25, -0.2) is 9.97 Å². The molecule has 0 aromatic carbocycles. The van der Waals surface area contributed by atoms with Gasteiger partial charge in [0.25, 0.3) is 0 Å². The number of anilines is 1. The lowest BCUT2D eigenvalue weighted by molar-refractivity contribution is 0.413. The molecule has 0 atom stereocenters. The Labute approximate surface area is 101 Å². The quantitative estimate of drug-likeness (QED) is 0.850. The number of ether oxygens (including phenoxy) is 1. The minimum atomic E-state index is 0.296. The van der Waals surface area contributed by atoms with Crippen LogP contribution in [0.15, 0.2) is 18.0 Å². The maximum absolute atomic E-state index is 5.86. The van der Waals surface area contributed by atoms with Crippen molar-refractivity contribution in [1.29, 1.82) is 0 Å². The molecule has 0 unspecified atom stereocenters. The lowest BCUT2D eigenvalue weighted by Crippen LogP contribution is -2.03. The summed E-state index contributed by atoms with van der Waals surface area (Å²) >= 11 is 7.43. The summed E-state index contributed by atoms with van der Waals surface area (Å²) in [7, 11) is 1.53. The number of methoxy groups -OCH3 is 1. The van der Waals surface area contributed by atoms with Gasteiger partial charge in [0.05, 0.1) is 19.2 Å². The van der Waals surface area contributed by atoms with Crippen LogP contribution in [0, 0.1) is 0 Å². The topological polar surface area (TPSA) is 59.9 Å². The van der Waals surface area contributed by atoms with E-state index >= 15 is 0 Å². The van der Waals surface area contributed by atoms with Crippen LogP contribution < -0.4 is 10.1 Å². The van der Waals surface area contributed by atoms with Gasteiger partial charge in [-0.15, -0.1) is 11.3 Å².